The summed E-state index contributed by atoms with van der Waals surface area (Å²) in [5.74, 6) is -0.650. The van der Waals surface area contributed by atoms with Gasteiger partial charge in [-0.15, -0.1) is 0 Å². The van der Waals surface area contributed by atoms with E-state index in [1.165, 1.54) is 24.4 Å². The maximum Gasteiger partial charge on any atom is 0.509 e. The fraction of sp³-hybridized carbons (Fsp3) is 0.429. The van der Waals surface area contributed by atoms with Crippen molar-refractivity contribution in [1.82, 2.24) is 9.55 Å². The van der Waals surface area contributed by atoms with Crippen LogP contribution < -0.4 is 11.2 Å². The van der Waals surface area contributed by atoms with Crippen LogP contribution in [-0.4, -0.2) is 51.7 Å². The Morgan fingerprint density at radius 1 is 1.44 bits per heavy atom. The molecule has 134 valence electrons. The zero-order valence-electron chi connectivity index (χ0n) is 13.0. The standard InChI is InChI=1S/C14H15N3O8/c1-2-3-9(19)25-16-8-4-5-17(13(20)15-8)12-11-10(7(6-18)22-12)23-14(21)24-11/h2-5,7,10-12,18H,6H2,1H3,(H,15,16,20)/b3-2-/t7-,10-,11-,12-/m1/s1. The van der Waals surface area contributed by atoms with Crippen LogP contribution in [0, 0.1) is 0 Å². The molecule has 2 aliphatic rings. The largest absolute Gasteiger partial charge is 0.509 e. The van der Waals surface area contributed by atoms with Crippen LogP contribution in [0.3, 0.4) is 0 Å². The normalized spacial score (nSPS) is 27.7. The summed E-state index contributed by atoms with van der Waals surface area (Å²) in [6.45, 7) is 1.24. The number of carbonyl (C=O) groups is 2. The molecule has 25 heavy (non-hydrogen) atoms. The zero-order chi connectivity index (χ0) is 18.0. The highest BCUT2D eigenvalue weighted by Gasteiger charge is 2.55. The molecule has 3 heterocycles. The lowest BCUT2D eigenvalue weighted by Gasteiger charge is -2.17. The van der Waals surface area contributed by atoms with Gasteiger partial charge in [0.1, 0.15) is 6.10 Å². The number of aliphatic hydroxyl groups excluding tert-OH is 1. The van der Waals surface area contributed by atoms with Gasteiger partial charge in [0.25, 0.3) is 0 Å². The number of rotatable bonds is 5. The van der Waals surface area contributed by atoms with E-state index >= 15 is 0 Å². The number of nitrogens with one attached hydrogen (secondary N) is 1. The summed E-state index contributed by atoms with van der Waals surface area (Å²) >= 11 is 0. The number of aromatic nitrogens is 2. The van der Waals surface area contributed by atoms with Gasteiger partial charge >= 0.3 is 17.8 Å². The number of hydrogen-bond acceptors (Lipinski definition) is 10. The Bertz CT molecular complexity index is 761. The maximum absolute atomic E-state index is 12.2. The highest BCUT2D eigenvalue weighted by atomic mass is 16.8. The van der Waals surface area contributed by atoms with Gasteiger partial charge in [-0.05, 0) is 6.92 Å². The molecule has 0 bridgehead atoms. The van der Waals surface area contributed by atoms with Gasteiger partial charge in [-0.2, -0.15) is 10.5 Å². The molecule has 0 aliphatic carbocycles. The van der Waals surface area contributed by atoms with Crippen molar-refractivity contribution in [2.45, 2.75) is 31.5 Å². The first-order valence-electron chi connectivity index (χ1n) is 7.35. The number of carbonyl (C=O) groups excluding carboxylic acids is 2. The van der Waals surface area contributed by atoms with Crippen LogP contribution in [-0.2, 0) is 23.8 Å². The smallest absolute Gasteiger partial charge is 0.424 e. The molecule has 0 unspecified atom stereocenters. The van der Waals surface area contributed by atoms with Gasteiger partial charge in [0.2, 0.25) is 0 Å². The molecule has 0 aromatic carbocycles. The van der Waals surface area contributed by atoms with Crippen molar-refractivity contribution in [3.63, 3.8) is 0 Å². The van der Waals surface area contributed by atoms with Gasteiger partial charge in [0.15, 0.2) is 24.3 Å². The fourth-order valence-corrected chi connectivity index (χ4v) is 2.53. The summed E-state index contributed by atoms with van der Waals surface area (Å²) in [7, 11) is 0. The SMILES string of the molecule is C/C=C\C(=O)ONc1ccn([C@@H]2O[C@H](CO)[C@H]3OC(=O)O[C@H]32)c(=O)n1. The van der Waals surface area contributed by atoms with Crippen LogP contribution in [0.4, 0.5) is 10.6 Å². The van der Waals surface area contributed by atoms with Crippen molar-refractivity contribution in [3.8, 4) is 0 Å². The lowest BCUT2D eigenvalue weighted by atomic mass is 10.1. The topological polar surface area (TPSA) is 138 Å². The average Bonchev–Trinajstić information content (AvgIpc) is 3.11. The number of anilines is 1. The Hall–Kier alpha value is -2.92. The summed E-state index contributed by atoms with van der Waals surface area (Å²) in [6.07, 6.45) is -0.382. The molecule has 2 N–H and O–H groups in total. The second kappa shape index (κ2) is 6.91. The molecular weight excluding hydrogens is 338 g/mol. The highest BCUT2D eigenvalue weighted by molar-refractivity contribution is 5.82. The van der Waals surface area contributed by atoms with E-state index in [2.05, 4.69) is 15.3 Å². The molecule has 11 heteroatoms. The van der Waals surface area contributed by atoms with Crippen LogP contribution in [0.2, 0.25) is 0 Å². The number of hydrogen-bond donors (Lipinski definition) is 2. The Morgan fingerprint density at radius 2 is 2.20 bits per heavy atom. The van der Waals surface area contributed by atoms with Crippen LogP contribution in [0.5, 0.6) is 0 Å². The van der Waals surface area contributed by atoms with Gasteiger partial charge in [0.05, 0.1) is 6.61 Å². The number of nitrogens with zero attached hydrogens (tertiary/aromatic N) is 2. The second-order valence-electron chi connectivity index (χ2n) is 5.19. The van der Waals surface area contributed by atoms with E-state index in [0.717, 1.165) is 4.57 Å². The number of fused-ring (bicyclic) bond motifs is 1. The molecule has 11 nitrogen and oxygen atoms in total. The van der Waals surface area contributed by atoms with Gasteiger partial charge in [-0.3, -0.25) is 4.57 Å². The molecule has 2 aliphatic heterocycles. The van der Waals surface area contributed by atoms with E-state index in [0.29, 0.717) is 0 Å². The Labute approximate surface area is 140 Å². The summed E-state index contributed by atoms with van der Waals surface area (Å²) in [6, 6.07) is 1.37. The van der Waals surface area contributed by atoms with E-state index < -0.39 is 49.0 Å². The van der Waals surface area contributed by atoms with Gasteiger partial charge in [0, 0.05) is 18.3 Å². The molecule has 1 aromatic heterocycles. The van der Waals surface area contributed by atoms with Crippen LogP contribution in [0.25, 0.3) is 0 Å². The second-order valence-corrected chi connectivity index (χ2v) is 5.19. The molecule has 0 radical (unpaired) electrons. The molecule has 2 saturated heterocycles. The average molecular weight is 353 g/mol. The van der Waals surface area contributed by atoms with Crippen molar-refractivity contribution < 1.29 is 33.7 Å². The minimum Gasteiger partial charge on any atom is -0.424 e. The third kappa shape index (κ3) is 3.32. The summed E-state index contributed by atoms with van der Waals surface area (Å²) < 4.78 is 16.5. The van der Waals surface area contributed by atoms with E-state index in [9.17, 15) is 19.5 Å². The first-order chi connectivity index (χ1) is 12.0. The maximum atomic E-state index is 12.2. The van der Waals surface area contributed by atoms with Crippen LogP contribution in [0.15, 0.2) is 29.2 Å². The predicted octanol–water partition coefficient (Wildman–Crippen LogP) is -0.517. The Kier molecular flexibility index (Phi) is 4.67. The monoisotopic (exact) mass is 353 g/mol. The summed E-state index contributed by atoms with van der Waals surface area (Å²) in [5.41, 5.74) is 1.51. The third-order valence-corrected chi connectivity index (χ3v) is 3.59. The highest BCUT2D eigenvalue weighted by Crippen LogP contribution is 2.36. The summed E-state index contributed by atoms with van der Waals surface area (Å²) in [5, 5.41) is 9.30. The first kappa shape index (κ1) is 16.9. The van der Waals surface area contributed by atoms with Gasteiger partial charge < -0.3 is 24.2 Å². The minimum atomic E-state index is -0.992. The van der Waals surface area contributed by atoms with Crippen molar-refractivity contribution in [1.29, 1.82) is 0 Å². The summed E-state index contributed by atoms with van der Waals surface area (Å²) in [4.78, 5) is 43.1. The molecule has 0 amide bonds. The van der Waals surface area contributed by atoms with Crippen molar-refractivity contribution in [2.75, 3.05) is 12.1 Å². The van der Waals surface area contributed by atoms with Crippen molar-refractivity contribution >= 4 is 17.9 Å². The van der Waals surface area contributed by atoms with E-state index in [1.54, 1.807) is 6.92 Å². The number of ether oxygens (including phenoxy) is 3. The molecule has 0 spiro atoms. The van der Waals surface area contributed by atoms with E-state index in [4.69, 9.17) is 14.2 Å². The van der Waals surface area contributed by atoms with Gasteiger partial charge in [-0.1, -0.05) is 6.08 Å². The van der Waals surface area contributed by atoms with Crippen LogP contribution >= 0.6 is 0 Å². The van der Waals surface area contributed by atoms with Crippen molar-refractivity contribution in [2.24, 2.45) is 0 Å². The molecule has 1 aromatic rings. The van der Waals surface area contributed by atoms with Crippen LogP contribution in [0.1, 0.15) is 13.2 Å². The third-order valence-electron chi connectivity index (χ3n) is 3.59. The fourth-order valence-electron chi connectivity index (χ4n) is 2.53. The molecule has 2 fully saturated rings. The molecule has 0 saturated carbocycles. The lowest BCUT2D eigenvalue weighted by Crippen LogP contribution is -2.34. The molecule has 4 atom stereocenters. The number of allylic oxidation sites excluding steroid dienone is 1. The Morgan fingerprint density at radius 3 is 2.88 bits per heavy atom. The van der Waals surface area contributed by atoms with E-state index in [1.807, 2.05) is 0 Å². The quantitative estimate of drug-likeness (QED) is 0.404. The zero-order valence-corrected chi connectivity index (χ0v) is 13.0. The van der Waals surface area contributed by atoms with Crippen molar-refractivity contribution in [3.05, 3.63) is 34.9 Å². The van der Waals surface area contributed by atoms with Gasteiger partial charge in [-0.25, -0.2) is 14.4 Å². The first-order valence-corrected chi connectivity index (χ1v) is 7.35. The van der Waals surface area contributed by atoms with E-state index in [-0.39, 0.29) is 5.82 Å². The minimum absolute atomic E-state index is 0.00650. The predicted molar refractivity (Wildman–Crippen MR) is 79.2 cm³/mol. The number of aliphatic hydroxyl groups is 1. The molecule has 3 rings (SSSR count). The Balaban J connectivity index is 1.76. The lowest BCUT2D eigenvalue weighted by molar-refractivity contribution is -0.134. The molecular formula is C14H15N3O8.